The third-order valence-corrected chi connectivity index (χ3v) is 5.07. The van der Waals surface area contributed by atoms with Crippen LogP contribution in [0.3, 0.4) is 0 Å². The Labute approximate surface area is 98.0 Å². The Bertz CT molecular complexity index is 327. The number of carboxylic acids is 2. The summed E-state index contributed by atoms with van der Waals surface area (Å²) in [4.78, 5) is 24.6. The summed E-state index contributed by atoms with van der Waals surface area (Å²) in [7, 11) is -3.05. The zero-order valence-electron chi connectivity index (χ0n) is 9.16. The molecule has 7 nitrogen and oxygen atoms in total. The average molecular weight is 266 g/mol. The van der Waals surface area contributed by atoms with E-state index in [4.69, 9.17) is 15.5 Å². The molecule has 0 saturated carbocycles. The molecule has 0 bridgehead atoms. The quantitative estimate of drug-likeness (QED) is 0.249. The Morgan fingerprint density at radius 2 is 1.53 bits per heavy atom. The molecule has 0 spiro atoms. The molecular weight excluding hydrogens is 251 g/mol. The fourth-order valence-corrected chi connectivity index (χ4v) is 3.66. The molecule has 0 fully saturated rings. The predicted molar refractivity (Wildman–Crippen MR) is 59.6 cm³/mol. The first-order chi connectivity index (χ1) is 7.79. The number of carbonyl (C=O) groups is 2. The molecule has 0 atom stereocenters. The Balaban J connectivity index is 4.55. The number of rotatable bonds is 9. The summed E-state index contributed by atoms with van der Waals surface area (Å²) in [6.45, 7) is 3.27. The molecule has 0 aromatic heterocycles. The van der Waals surface area contributed by atoms with Crippen LogP contribution in [0.5, 0.6) is 0 Å². The smallest absolute Gasteiger partial charge is 0.303 e. The number of carboxylic acid groups (broad SMARTS) is 2. The number of aliphatic carboxylic acids is 2. The molecule has 0 aliphatic carbocycles. The van der Waals surface area contributed by atoms with Gasteiger partial charge >= 0.3 is 11.9 Å². The third kappa shape index (κ3) is 7.54. The van der Waals surface area contributed by atoms with Crippen molar-refractivity contribution in [3.63, 3.8) is 0 Å². The molecule has 0 aromatic rings. The SMILES string of the molecule is C=C(CP(=O)(CCC(=O)O)CCC(=O)O)OO. The summed E-state index contributed by atoms with van der Waals surface area (Å²) >= 11 is 0. The van der Waals surface area contributed by atoms with Crippen molar-refractivity contribution in [3.8, 4) is 0 Å². The maximum atomic E-state index is 12.2. The lowest BCUT2D eigenvalue weighted by atomic mass is 10.5. The largest absolute Gasteiger partial charge is 0.481 e. The summed E-state index contributed by atoms with van der Waals surface area (Å²) in [5.41, 5.74) is 0. The van der Waals surface area contributed by atoms with Crippen molar-refractivity contribution in [1.29, 1.82) is 0 Å². The second kappa shape index (κ2) is 7.09. The van der Waals surface area contributed by atoms with E-state index < -0.39 is 19.1 Å². The van der Waals surface area contributed by atoms with E-state index in [9.17, 15) is 14.2 Å². The van der Waals surface area contributed by atoms with Crippen molar-refractivity contribution in [1.82, 2.24) is 0 Å². The van der Waals surface area contributed by atoms with Crippen molar-refractivity contribution in [2.45, 2.75) is 12.8 Å². The molecule has 0 saturated heterocycles. The summed E-state index contributed by atoms with van der Waals surface area (Å²) < 4.78 is 12.2. The van der Waals surface area contributed by atoms with Crippen molar-refractivity contribution < 1.29 is 34.5 Å². The minimum Gasteiger partial charge on any atom is -0.481 e. The zero-order valence-corrected chi connectivity index (χ0v) is 10.1. The summed E-state index contributed by atoms with van der Waals surface area (Å²) in [6.07, 6.45) is -1.15. The van der Waals surface area contributed by atoms with E-state index >= 15 is 0 Å². The zero-order chi connectivity index (χ0) is 13.5. The van der Waals surface area contributed by atoms with Gasteiger partial charge in [0.1, 0.15) is 5.76 Å². The molecule has 0 unspecified atom stereocenters. The van der Waals surface area contributed by atoms with Gasteiger partial charge in [-0.25, -0.2) is 5.26 Å². The number of hydrogen-bond acceptors (Lipinski definition) is 5. The molecule has 0 aromatic carbocycles. The van der Waals surface area contributed by atoms with E-state index in [1.165, 1.54) is 0 Å². The standard InChI is InChI=1S/C9H15O7P/c1-7(16-14)6-17(15,4-2-8(10)11)5-3-9(12)13/h14H,1-6H2,(H,10,11)(H,12,13). The van der Waals surface area contributed by atoms with Crippen molar-refractivity contribution in [2.75, 3.05) is 18.5 Å². The molecule has 0 rings (SSSR count). The van der Waals surface area contributed by atoms with E-state index in [1.54, 1.807) is 0 Å². The number of hydrogen-bond donors (Lipinski definition) is 3. The van der Waals surface area contributed by atoms with Gasteiger partial charge in [-0.3, -0.25) is 9.59 Å². The fraction of sp³-hybridized carbons (Fsp3) is 0.556. The van der Waals surface area contributed by atoms with Crippen LogP contribution < -0.4 is 0 Å². The first-order valence-corrected chi connectivity index (χ1v) is 7.05. The van der Waals surface area contributed by atoms with Crippen LogP contribution in [-0.4, -0.2) is 45.9 Å². The molecule has 3 N–H and O–H groups in total. The van der Waals surface area contributed by atoms with E-state index in [2.05, 4.69) is 11.5 Å². The lowest BCUT2D eigenvalue weighted by molar-refractivity contribution is -0.201. The van der Waals surface area contributed by atoms with Gasteiger partial charge < -0.3 is 19.7 Å². The first kappa shape index (κ1) is 15.7. The third-order valence-electron chi connectivity index (χ3n) is 2.06. The van der Waals surface area contributed by atoms with E-state index in [0.29, 0.717) is 0 Å². The van der Waals surface area contributed by atoms with Crippen LogP contribution in [0.1, 0.15) is 12.8 Å². The minimum atomic E-state index is -3.05. The molecule has 0 aliphatic heterocycles. The van der Waals surface area contributed by atoms with E-state index in [1.807, 2.05) is 0 Å². The van der Waals surface area contributed by atoms with Crippen LogP contribution in [0.15, 0.2) is 12.3 Å². The van der Waals surface area contributed by atoms with Gasteiger partial charge in [0, 0.05) is 12.3 Å². The highest BCUT2D eigenvalue weighted by Gasteiger charge is 2.26. The Kier molecular flexibility index (Phi) is 6.53. The summed E-state index contributed by atoms with van der Waals surface area (Å²) in [5.74, 6) is -2.39. The topological polar surface area (TPSA) is 121 Å². The summed E-state index contributed by atoms with van der Waals surface area (Å²) in [6, 6.07) is 0. The van der Waals surface area contributed by atoms with Gasteiger partial charge in [-0.15, -0.1) is 0 Å². The van der Waals surface area contributed by atoms with Gasteiger partial charge in [0.05, 0.1) is 26.1 Å². The van der Waals surface area contributed by atoms with Gasteiger partial charge in [-0.05, 0) is 0 Å². The summed E-state index contributed by atoms with van der Waals surface area (Å²) in [5, 5.41) is 25.3. The highest BCUT2D eigenvalue weighted by Crippen LogP contribution is 2.48. The highest BCUT2D eigenvalue weighted by atomic mass is 31.2. The van der Waals surface area contributed by atoms with Crippen molar-refractivity contribution in [2.24, 2.45) is 0 Å². The minimum absolute atomic E-state index is 0.141. The number of allylic oxidation sites excluding steroid dienone is 1. The van der Waals surface area contributed by atoms with Crippen molar-refractivity contribution in [3.05, 3.63) is 12.3 Å². The molecule has 98 valence electrons. The van der Waals surface area contributed by atoms with Crippen LogP contribution in [0.25, 0.3) is 0 Å². The molecule has 8 heteroatoms. The Morgan fingerprint density at radius 3 is 1.82 bits per heavy atom. The van der Waals surface area contributed by atoms with Gasteiger partial charge in [-0.2, -0.15) is 0 Å². The van der Waals surface area contributed by atoms with Gasteiger partial charge in [0.25, 0.3) is 0 Å². The van der Waals surface area contributed by atoms with Crippen LogP contribution in [0.4, 0.5) is 0 Å². The average Bonchev–Trinajstić information content (AvgIpc) is 2.24. The van der Waals surface area contributed by atoms with Gasteiger partial charge in [0.2, 0.25) is 0 Å². The molecule has 17 heavy (non-hydrogen) atoms. The second-order valence-corrected chi connectivity index (χ2v) is 6.91. The van der Waals surface area contributed by atoms with Gasteiger partial charge in [-0.1, -0.05) is 6.58 Å². The Hall–Kier alpha value is -1.33. The monoisotopic (exact) mass is 266 g/mol. The first-order valence-electron chi connectivity index (χ1n) is 4.79. The molecule has 0 heterocycles. The van der Waals surface area contributed by atoms with Crippen molar-refractivity contribution >= 4 is 19.1 Å². The Morgan fingerprint density at radius 1 is 1.12 bits per heavy atom. The predicted octanol–water partition coefficient (Wildman–Crippen LogP) is 1.30. The van der Waals surface area contributed by atoms with Crippen LogP contribution in [0, 0.1) is 0 Å². The normalized spacial score (nSPS) is 10.9. The molecule has 0 aliphatic rings. The lowest BCUT2D eigenvalue weighted by Crippen LogP contribution is -2.09. The fourth-order valence-electron chi connectivity index (χ4n) is 1.22. The van der Waals surface area contributed by atoms with Crippen LogP contribution in [-0.2, 0) is 19.0 Å². The molecule has 0 amide bonds. The maximum Gasteiger partial charge on any atom is 0.303 e. The molecular formula is C9H15O7P. The van der Waals surface area contributed by atoms with Crippen LogP contribution >= 0.6 is 7.14 Å². The van der Waals surface area contributed by atoms with Gasteiger partial charge in [0.15, 0.2) is 0 Å². The second-order valence-electron chi connectivity index (χ2n) is 3.58. The van der Waals surface area contributed by atoms with E-state index in [-0.39, 0.29) is 37.1 Å². The van der Waals surface area contributed by atoms with Crippen LogP contribution in [0.2, 0.25) is 0 Å². The maximum absolute atomic E-state index is 12.2. The highest BCUT2D eigenvalue weighted by molar-refractivity contribution is 7.64. The lowest BCUT2D eigenvalue weighted by Gasteiger charge is -2.16. The van der Waals surface area contributed by atoms with E-state index in [0.717, 1.165) is 0 Å². The molecule has 0 radical (unpaired) electrons.